The Hall–Kier alpha value is -1.36. The molecule has 5 nitrogen and oxygen atoms in total. The predicted molar refractivity (Wildman–Crippen MR) is 66.2 cm³/mol. The zero-order valence-electron chi connectivity index (χ0n) is 10.7. The molecular formula is C13H20N2O3. The monoisotopic (exact) mass is 252 g/mol. The lowest BCUT2D eigenvalue weighted by atomic mass is 9.74. The molecule has 2 N–H and O–H groups in total. The van der Waals surface area contributed by atoms with Crippen LogP contribution in [0.5, 0.6) is 0 Å². The van der Waals surface area contributed by atoms with E-state index < -0.39 is 0 Å². The van der Waals surface area contributed by atoms with Crippen molar-refractivity contribution in [2.45, 2.75) is 39.0 Å². The van der Waals surface area contributed by atoms with Crippen LogP contribution in [0.3, 0.4) is 0 Å². The smallest absolute Gasteiger partial charge is 0.273 e. The molecule has 0 atom stereocenters. The number of aryl methyl sites for hydroxylation is 1. The van der Waals surface area contributed by atoms with Crippen LogP contribution in [0.15, 0.2) is 10.6 Å². The highest BCUT2D eigenvalue weighted by Gasteiger charge is 2.32. The fraction of sp³-hybridized carbons (Fsp3) is 0.692. The van der Waals surface area contributed by atoms with E-state index in [9.17, 15) is 9.90 Å². The van der Waals surface area contributed by atoms with Gasteiger partial charge in [-0.15, -0.1) is 0 Å². The third-order valence-electron chi connectivity index (χ3n) is 3.73. The van der Waals surface area contributed by atoms with Crippen molar-refractivity contribution in [3.05, 3.63) is 17.5 Å². The van der Waals surface area contributed by atoms with Gasteiger partial charge in [-0.25, -0.2) is 0 Å². The molecule has 1 fully saturated rings. The second-order valence-corrected chi connectivity index (χ2v) is 5.22. The summed E-state index contributed by atoms with van der Waals surface area (Å²) in [4.78, 5) is 11.8. The van der Waals surface area contributed by atoms with Crippen molar-refractivity contribution in [1.29, 1.82) is 0 Å². The number of rotatable bonds is 4. The number of aliphatic hydroxyl groups excluding tert-OH is 1. The summed E-state index contributed by atoms with van der Waals surface area (Å²) >= 11 is 0. The Morgan fingerprint density at radius 2 is 2.22 bits per heavy atom. The molecule has 18 heavy (non-hydrogen) atoms. The fourth-order valence-corrected chi connectivity index (χ4v) is 2.52. The molecule has 1 saturated carbocycles. The van der Waals surface area contributed by atoms with Gasteiger partial charge in [-0.1, -0.05) is 24.4 Å². The van der Waals surface area contributed by atoms with E-state index in [1.807, 2.05) is 0 Å². The van der Waals surface area contributed by atoms with Gasteiger partial charge in [-0.05, 0) is 19.8 Å². The van der Waals surface area contributed by atoms with Gasteiger partial charge in [0.1, 0.15) is 5.76 Å². The number of hydrogen-bond donors (Lipinski definition) is 2. The van der Waals surface area contributed by atoms with E-state index in [-0.39, 0.29) is 17.9 Å². The lowest BCUT2D eigenvalue weighted by Crippen LogP contribution is -2.41. The summed E-state index contributed by atoms with van der Waals surface area (Å²) in [5, 5.41) is 16.1. The summed E-state index contributed by atoms with van der Waals surface area (Å²) in [5.74, 6) is 0.389. The van der Waals surface area contributed by atoms with Gasteiger partial charge in [0, 0.05) is 18.0 Å². The largest absolute Gasteiger partial charge is 0.396 e. The quantitative estimate of drug-likeness (QED) is 0.854. The number of nitrogens with zero attached hydrogens (tertiary/aromatic N) is 1. The Kier molecular flexibility index (Phi) is 4.01. The zero-order valence-corrected chi connectivity index (χ0v) is 10.7. The molecule has 0 aliphatic heterocycles. The van der Waals surface area contributed by atoms with Crippen LogP contribution in [0.4, 0.5) is 0 Å². The average Bonchev–Trinajstić information content (AvgIpc) is 2.84. The standard InChI is InChI=1S/C13H20N2O3/c1-10-7-11(15-18-10)12(17)14-8-13(9-16)5-3-2-4-6-13/h7,16H,2-6,8-9H2,1H3,(H,14,17). The van der Waals surface area contributed by atoms with Crippen molar-refractivity contribution in [2.24, 2.45) is 5.41 Å². The highest BCUT2D eigenvalue weighted by atomic mass is 16.5. The van der Waals surface area contributed by atoms with Crippen LogP contribution in [-0.2, 0) is 0 Å². The molecule has 0 bridgehead atoms. The summed E-state index contributed by atoms with van der Waals surface area (Å²) in [6.07, 6.45) is 5.42. The fourth-order valence-electron chi connectivity index (χ4n) is 2.52. The maximum Gasteiger partial charge on any atom is 0.273 e. The third kappa shape index (κ3) is 2.90. The van der Waals surface area contributed by atoms with E-state index in [1.54, 1.807) is 13.0 Å². The van der Waals surface area contributed by atoms with Gasteiger partial charge < -0.3 is 14.9 Å². The predicted octanol–water partition coefficient (Wildman–Crippen LogP) is 1.66. The average molecular weight is 252 g/mol. The number of carbonyl (C=O) groups is 1. The van der Waals surface area contributed by atoms with Gasteiger partial charge in [0.15, 0.2) is 5.69 Å². The number of hydrogen-bond acceptors (Lipinski definition) is 4. The first kappa shape index (κ1) is 13.1. The van der Waals surface area contributed by atoms with E-state index in [4.69, 9.17) is 4.52 Å². The van der Waals surface area contributed by atoms with Crippen molar-refractivity contribution in [1.82, 2.24) is 10.5 Å². The van der Waals surface area contributed by atoms with E-state index in [0.29, 0.717) is 18.0 Å². The molecule has 5 heteroatoms. The summed E-state index contributed by atoms with van der Waals surface area (Å²) < 4.78 is 4.87. The molecule has 0 saturated heterocycles. The SMILES string of the molecule is Cc1cc(C(=O)NCC2(CO)CCCCC2)no1. The first-order valence-corrected chi connectivity index (χ1v) is 6.48. The highest BCUT2D eigenvalue weighted by molar-refractivity contribution is 5.92. The van der Waals surface area contributed by atoms with Crippen LogP contribution >= 0.6 is 0 Å². The van der Waals surface area contributed by atoms with Gasteiger partial charge in [-0.3, -0.25) is 4.79 Å². The maximum absolute atomic E-state index is 11.8. The molecule has 0 unspecified atom stereocenters. The minimum absolute atomic E-state index is 0.130. The highest BCUT2D eigenvalue weighted by Crippen LogP contribution is 2.35. The van der Waals surface area contributed by atoms with Crippen LogP contribution in [0.25, 0.3) is 0 Å². The summed E-state index contributed by atoms with van der Waals surface area (Å²) in [6.45, 7) is 2.39. The Balaban J connectivity index is 1.91. The van der Waals surface area contributed by atoms with Crippen molar-refractivity contribution >= 4 is 5.91 Å². The van der Waals surface area contributed by atoms with Gasteiger partial charge in [-0.2, -0.15) is 0 Å². The van der Waals surface area contributed by atoms with E-state index >= 15 is 0 Å². The topological polar surface area (TPSA) is 75.4 Å². The Labute approximate surface area is 107 Å². The molecule has 1 aromatic heterocycles. The van der Waals surface area contributed by atoms with Gasteiger partial charge in [0.2, 0.25) is 0 Å². The second kappa shape index (κ2) is 5.52. The lowest BCUT2D eigenvalue weighted by Gasteiger charge is -2.35. The Bertz CT molecular complexity index is 408. The minimum atomic E-state index is -0.231. The number of amides is 1. The molecule has 0 radical (unpaired) electrons. The molecule has 1 aromatic rings. The van der Waals surface area contributed by atoms with E-state index in [0.717, 1.165) is 25.7 Å². The Morgan fingerprint density at radius 3 is 2.78 bits per heavy atom. The van der Waals surface area contributed by atoms with Crippen LogP contribution in [0.2, 0.25) is 0 Å². The Morgan fingerprint density at radius 1 is 1.50 bits per heavy atom. The normalized spacial score (nSPS) is 18.6. The molecular weight excluding hydrogens is 232 g/mol. The first-order valence-electron chi connectivity index (χ1n) is 6.48. The molecule has 0 spiro atoms. The van der Waals surface area contributed by atoms with Crippen LogP contribution in [0.1, 0.15) is 48.4 Å². The van der Waals surface area contributed by atoms with Crippen LogP contribution in [-0.4, -0.2) is 29.3 Å². The molecule has 0 aromatic carbocycles. The van der Waals surface area contributed by atoms with Crippen LogP contribution < -0.4 is 5.32 Å². The molecule has 1 aliphatic rings. The van der Waals surface area contributed by atoms with Gasteiger partial charge in [0.05, 0.1) is 6.61 Å². The summed E-state index contributed by atoms with van der Waals surface area (Å²) in [6, 6.07) is 1.61. The minimum Gasteiger partial charge on any atom is -0.396 e. The zero-order chi connectivity index (χ0) is 13.0. The van der Waals surface area contributed by atoms with Crippen LogP contribution in [0, 0.1) is 12.3 Å². The van der Waals surface area contributed by atoms with Gasteiger partial charge >= 0.3 is 0 Å². The molecule has 1 amide bonds. The second-order valence-electron chi connectivity index (χ2n) is 5.22. The van der Waals surface area contributed by atoms with Crippen molar-refractivity contribution in [3.8, 4) is 0 Å². The molecule has 1 aliphatic carbocycles. The van der Waals surface area contributed by atoms with E-state index in [2.05, 4.69) is 10.5 Å². The number of aromatic nitrogens is 1. The maximum atomic E-state index is 11.8. The molecule has 100 valence electrons. The van der Waals surface area contributed by atoms with E-state index in [1.165, 1.54) is 6.42 Å². The first-order chi connectivity index (χ1) is 8.65. The van der Waals surface area contributed by atoms with Crippen molar-refractivity contribution in [2.75, 3.05) is 13.2 Å². The van der Waals surface area contributed by atoms with Crippen molar-refractivity contribution in [3.63, 3.8) is 0 Å². The molecule has 1 heterocycles. The summed E-state index contributed by atoms with van der Waals surface area (Å²) in [5.41, 5.74) is 0.156. The number of nitrogens with one attached hydrogen (secondary N) is 1. The molecule has 2 rings (SSSR count). The number of aliphatic hydroxyl groups is 1. The van der Waals surface area contributed by atoms with Gasteiger partial charge in [0.25, 0.3) is 5.91 Å². The summed E-state index contributed by atoms with van der Waals surface area (Å²) in [7, 11) is 0. The third-order valence-corrected chi connectivity index (χ3v) is 3.73. The van der Waals surface area contributed by atoms with Crippen molar-refractivity contribution < 1.29 is 14.4 Å². The number of carbonyl (C=O) groups excluding carboxylic acids is 1. The lowest BCUT2D eigenvalue weighted by molar-refractivity contribution is 0.0713.